The molecular formula is C11H11FO3. The van der Waals surface area contributed by atoms with Crippen molar-refractivity contribution < 1.29 is 18.7 Å². The van der Waals surface area contributed by atoms with E-state index >= 15 is 0 Å². The van der Waals surface area contributed by atoms with E-state index in [0.717, 1.165) is 6.07 Å². The van der Waals surface area contributed by atoms with Crippen molar-refractivity contribution in [3.63, 3.8) is 0 Å². The minimum absolute atomic E-state index is 0.151. The van der Waals surface area contributed by atoms with E-state index in [2.05, 4.69) is 4.74 Å². The van der Waals surface area contributed by atoms with Gasteiger partial charge in [0.15, 0.2) is 5.78 Å². The number of halogens is 1. The zero-order chi connectivity index (χ0) is 11.4. The van der Waals surface area contributed by atoms with Crippen molar-refractivity contribution >= 4 is 11.8 Å². The molecule has 0 aliphatic heterocycles. The number of benzene rings is 1. The first-order valence-electron chi connectivity index (χ1n) is 4.54. The second-order valence-corrected chi connectivity index (χ2v) is 2.97. The second-order valence-electron chi connectivity index (χ2n) is 2.97. The fraction of sp³-hybridized carbons (Fsp3) is 0.273. The average molecular weight is 210 g/mol. The Hall–Kier alpha value is -1.71. The molecule has 0 atom stereocenters. The highest BCUT2D eigenvalue weighted by molar-refractivity contribution is 5.96. The minimum Gasteiger partial charge on any atom is -0.462 e. The molecule has 0 N–H and O–H groups in total. The van der Waals surface area contributed by atoms with Crippen molar-refractivity contribution in [1.29, 1.82) is 0 Å². The fourth-order valence-electron chi connectivity index (χ4n) is 1.11. The lowest BCUT2D eigenvalue weighted by molar-refractivity contribution is 0.0520. The molecular weight excluding hydrogens is 199 g/mol. The molecule has 0 heterocycles. The van der Waals surface area contributed by atoms with Crippen LogP contribution in [0.2, 0.25) is 0 Å². The predicted molar refractivity (Wildman–Crippen MR) is 52.4 cm³/mol. The summed E-state index contributed by atoms with van der Waals surface area (Å²) >= 11 is 0. The molecule has 0 aromatic heterocycles. The number of rotatable bonds is 3. The number of hydrogen-bond donors (Lipinski definition) is 0. The molecule has 1 aromatic rings. The van der Waals surface area contributed by atoms with E-state index in [9.17, 15) is 14.0 Å². The molecule has 0 spiro atoms. The van der Waals surface area contributed by atoms with Crippen LogP contribution in [0.3, 0.4) is 0 Å². The average Bonchev–Trinajstić information content (AvgIpc) is 2.17. The monoisotopic (exact) mass is 210 g/mol. The number of esters is 1. The van der Waals surface area contributed by atoms with Crippen molar-refractivity contribution in [2.45, 2.75) is 13.8 Å². The Morgan fingerprint density at radius 1 is 1.40 bits per heavy atom. The van der Waals surface area contributed by atoms with Gasteiger partial charge >= 0.3 is 5.97 Å². The summed E-state index contributed by atoms with van der Waals surface area (Å²) in [5, 5.41) is 0. The van der Waals surface area contributed by atoms with Gasteiger partial charge in [-0.3, -0.25) is 4.79 Å². The lowest BCUT2D eigenvalue weighted by atomic mass is 10.1. The molecule has 0 aliphatic rings. The van der Waals surface area contributed by atoms with Crippen LogP contribution < -0.4 is 0 Å². The van der Waals surface area contributed by atoms with Crippen LogP contribution in [0.15, 0.2) is 18.2 Å². The molecule has 0 fully saturated rings. The number of ether oxygens (including phenoxy) is 1. The van der Waals surface area contributed by atoms with Crippen LogP contribution >= 0.6 is 0 Å². The Kier molecular flexibility index (Phi) is 3.55. The van der Waals surface area contributed by atoms with E-state index in [1.807, 2.05) is 0 Å². The molecule has 0 saturated carbocycles. The second kappa shape index (κ2) is 4.68. The van der Waals surface area contributed by atoms with E-state index < -0.39 is 11.8 Å². The molecule has 3 nitrogen and oxygen atoms in total. The molecule has 15 heavy (non-hydrogen) atoms. The Bertz CT molecular complexity index is 399. The van der Waals surface area contributed by atoms with E-state index in [0.29, 0.717) is 0 Å². The van der Waals surface area contributed by atoms with Gasteiger partial charge in [0.25, 0.3) is 0 Å². The summed E-state index contributed by atoms with van der Waals surface area (Å²) in [6, 6.07) is 3.69. The first-order chi connectivity index (χ1) is 7.06. The van der Waals surface area contributed by atoms with Gasteiger partial charge < -0.3 is 4.74 Å². The van der Waals surface area contributed by atoms with Crippen molar-refractivity contribution in [1.82, 2.24) is 0 Å². The maximum absolute atomic E-state index is 13.3. The zero-order valence-corrected chi connectivity index (χ0v) is 8.54. The smallest absolute Gasteiger partial charge is 0.341 e. The first kappa shape index (κ1) is 11.4. The number of ketones is 1. The lowest BCUT2D eigenvalue weighted by Crippen LogP contribution is -2.08. The van der Waals surface area contributed by atoms with Crippen molar-refractivity contribution in [3.8, 4) is 0 Å². The molecule has 0 saturated heterocycles. The van der Waals surface area contributed by atoms with Gasteiger partial charge in [-0.2, -0.15) is 0 Å². The molecule has 0 bridgehead atoms. The van der Waals surface area contributed by atoms with E-state index in [1.54, 1.807) is 6.92 Å². The summed E-state index contributed by atoms with van der Waals surface area (Å²) in [6.07, 6.45) is 0. The quantitative estimate of drug-likeness (QED) is 0.567. The highest BCUT2D eigenvalue weighted by atomic mass is 19.1. The SMILES string of the molecule is CCOC(=O)c1ccc(C(C)=O)cc1F. The van der Waals surface area contributed by atoms with Crippen molar-refractivity contribution in [2.24, 2.45) is 0 Å². The molecule has 0 aliphatic carbocycles. The first-order valence-corrected chi connectivity index (χ1v) is 4.54. The fourth-order valence-corrected chi connectivity index (χ4v) is 1.11. The summed E-state index contributed by atoms with van der Waals surface area (Å²) in [4.78, 5) is 22.1. The maximum Gasteiger partial charge on any atom is 0.341 e. The Labute approximate surface area is 86.9 Å². The van der Waals surface area contributed by atoms with Crippen molar-refractivity contribution in [3.05, 3.63) is 35.1 Å². The summed E-state index contributed by atoms with van der Waals surface area (Å²) in [6.45, 7) is 3.16. The van der Waals surface area contributed by atoms with Crippen LogP contribution in [-0.2, 0) is 4.74 Å². The number of carbonyl (C=O) groups is 2. The Morgan fingerprint density at radius 3 is 2.53 bits per heavy atom. The topological polar surface area (TPSA) is 43.4 Å². The molecule has 80 valence electrons. The molecule has 0 unspecified atom stereocenters. The highest BCUT2D eigenvalue weighted by Gasteiger charge is 2.13. The lowest BCUT2D eigenvalue weighted by Gasteiger charge is -2.03. The third-order valence-corrected chi connectivity index (χ3v) is 1.87. The third-order valence-electron chi connectivity index (χ3n) is 1.87. The van der Waals surface area contributed by atoms with Crippen LogP contribution in [0.5, 0.6) is 0 Å². The van der Waals surface area contributed by atoms with Gasteiger partial charge in [0.1, 0.15) is 5.82 Å². The largest absolute Gasteiger partial charge is 0.462 e. The van der Waals surface area contributed by atoms with Gasteiger partial charge in [0.2, 0.25) is 0 Å². The molecule has 0 amide bonds. The van der Waals surface area contributed by atoms with E-state index in [1.165, 1.54) is 19.1 Å². The van der Waals surface area contributed by atoms with Gasteiger partial charge in [-0.1, -0.05) is 6.07 Å². The Balaban J connectivity index is 3.03. The maximum atomic E-state index is 13.3. The van der Waals surface area contributed by atoms with Crippen LogP contribution in [-0.4, -0.2) is 18.4 Å². The van der Waals surface area contributed by atoms with Crippen LogP contribution in [0.25, 0.3) is 0 Å². The molecule has 0 radical (unpaired) electrons. The summed E-state index contributed by atoms with van der Waals surface area (Å²) in [7, 11) is 0. The number of carbonyl (C=O) groups excluding carboxylic acids is 2. The van der Waals surface area contributed by atoms with Gasteiger partial charge in [0.05, 0.1) is 12.2 Å². The molecule has 1 rings (SSSR count). The van der Waals surface area contributed by atoms with E-state index in [-0.39, 0.29) is 23.5 Å². The third kappa shape index (κ3) is 2.62. The number of Topliss-reactive ketones (excluding diaryl/α,β-unsaturated/α-hetero) is 1. The Morgan fingerprint density at radius 2 is 2.07 bits per heavy atom. The van der Waals surface area contributed by atoms with E-state index in [4.69, 9.17) is 0 Å². The van der Waals surface area contributed by atoms with Crippen LogP contribution in [0, 0.1) is 5.82 Å². The zero-order valence-electron chi connectivity index (χ0n) is 8.54. The molecule has 1 aromatic carbocycles. The normalized spacial score (nSPS) is 9.80. The van der Waals surface area contributed by atoms with Crippen molar-refractivity contribution in [2.75, 3.05) is 6.61 Å². The molecule has 4 heteroatoms. The summed E-state index contributed by atoms with van der Waals surface area (Å²) in [5.41, 5.74) is 0.0856. The highest BCUT2D eigenvalue weighted by Crippen LogP contribution is 2.12. The van der Waals surface area contributed by atoms with Gasteiger partial charge in [-0.25, -0.2) is 9.18 Å². The standard InChI is InChI=1S/C11H11FO3/c1-3-15-11(14)9-5-4-8(7(2)13)6-10(9)12/h4-6H,3H2,1-2H3. The van der Waals surface area contributed by atoms with Gasteiger partial charge in [0, 0.05) is 5.56 Å². The van der Waals surface area contributed by atoms with Crippen LogP contribution in [0.1, 0.15) is 34.6 Å². The number of hydrogen-bond acceptors (Lipinski definition) is 3. The van der Waals surface area contributed by atoms with Crippen LogP contribution in [0.4, 0.5) is 4.39 Å². The van der Waals surface area contributed by atoms with Gasteiger partial charge in [-0.15, -0.1) is 0 Å². The predicted octanol–water partition coefficient (Wildman–Crippen LogP) is 2.21. The minimum atomic E-state index is -0.735. The summed E-state index contributed by atoms with van der Waals surface area (Å²) < 4.78 is 18.0. The van der Waals surface area contributed by atoms with Gasteiger partial charge in [-0.05, 0) is 26.0 Å². The summed E-state index contributed by atoms with van der Waals surface area (Å²) in [5.74, 6) is -1.70.